The molecule has 3 N–H and O–H groups in total. The van der Waals surface area contributed by atoms with Crippen LogP contribution in [0.25, 0.3) is 0 Å². The molecule has 2 amide bonds. The number of urea groups is 1. The Labute approximate surface area is 105 Å². The number of carbonyl (C=O) groups excluding carboxylic acids is 1. The maximum Gasteiger partial charge on any atom is 0.332 e. The number of nitrogens with zero attached hydrogens (tertiary/aromatic N) is 1. The highest BCUT2D eigenvalue weighted by atomic mass is 16.5. The van der Waals surface area contributed by atoms with E-state index in [1.807, 2.05) is 0 Å². The van der Waals surface area contributed by atoms with Crippen molar-refractivity contribution >= 4 is 12.2 Å². The van der Waals surface area contributed by atoms with E-state index in [0.29, 0.717) is 22.8 Å². The van der Waals surface area contributed by atoms with Crippen LogP contribution in [0, 0.1) is 0 Å². The first kappa shape index (κ1) is 13.6. The molecule has 7 heteroatoms. The number of carbonyl (C=O) groups is 1. The van der Waals surface area contributed by atoms with Crippen LogP contribution in [-0.4, -0.2) is 33.6 Å². The minimum Gasteiger partial charge on any atom is -0.496 e. The van der Waals surface area contributed by atoms with Crippen molar-refractivity contribution in [2.75, 3.05) is 21.3 Å². The lowest BCUT2D eigenvalue weighted by atomic mass is 10.2. The third-order valence-electron chi connectivity index (χ3n) is 2.12. The highest BCUT2D eigenvalue weighted by molar-refractivity contribution is 5.88. The average Bonchev–Trinajstić information content (AvgIpc) is 2.37. The van der Waals surface area contributed by atoms with E-state index in [9.17, 15) is 4.79 Å². The fourth-order valence-electron chi connectivity index (χ4n) is 1.32. The molecule has 1 rings (SSSR count). The summed E-state index contributed by atoms with van der Waals surface area (Å²) in [6.07, 6.45) is 1.38. The average molecular weight is 253 g/mol. The third kappa shape index (κ3) is 3.27. The lowest BCUT2D eigenvalue weighted by Crippen LogP contribution is -2.24. The summed E-state index contributed by atoms with van der Waals surface area (Å²) in [6, 6.07) is 2.60. The number of nitrogens with two attached hydrogens (primary N) is 1. The summed E-state index contributed by atoms with van der Waals surface area (Å²) in [5.41, 5.74) is 7.55. The Bertz CT molecular complexity index is 435. The summed E-state index contributed by atoms with van der Waals surface area (Å²) in [5.74, 6) is 1.59. The molecule has 0 aliphatic carbocycles. The quantitative estimate of drug-likeness (QED) is 0.597. The number of primary amides is 1. The first-order valence-corrected chi connectivity index (χ1v) is 5.01. The van der Waals surface area contributed by atoms with Crippen LogP contribution in [0.2, 0.25) is 0 Å². The van der Waals surface area contributed by atoms with Gasteiger partial charge in [-0.3, -0.25) is 0 Å². The minimum atomic E-state index is -0.752. The van der Waals surface area contributed by atoms with E-state index in [2.05, 4.69) is 10.5 Å². The molecule has 0 atom stereocenters. The van der Waals surface area contributed by atoms with E-state index in [4.69, 9.17) is 19.9 Å². The van der Waals surface area contributed by atoms with Gasteiger partial charge in [-0.15, -0.1) is 0 Å². The Kier molecular flexibility index (Phi) is 4.79. The molecule has 0 unspecified atom stereocenters. The van der Waals surface area contributed by atoms with Gasteiger partial charge in [0.2, 0.25) is 0 Å². The number of amides is 2. The van der Waals surface area contributed by atoms with Gasteiger partial charge in [0.05, 0.1) is 33.1 Å². The van der Waals surface area contributed by atoms with E-state index < -0.39 is 6.03 Å². The molecule has 0 aliphatic rings. The SMILES string of the molecule is COc1cc(OC)c(C=NNC(N)=O)c(OC)c1. The summed E-state index contributed by atoms with van der Waals surface area (Å²) in [5, 5.41) is 3.66. The largest absolute Gasteiger partial charge is 0.496 e. The molecule has 0 saturated carbocycles. The van der Waals surface area contributed by atoms with E-state index >= 15 is 0 Å². The van der Waals surface area contributed by atoms with Gasteiger partial charge in [0.25, 0.3) is 0 Å². The van der Waals surface area contributed by atoms with Gasteiger partial charge in [0.15, 0.2) is 0 Å². The van der Waals surface area contributed by atoms with Crippen molar-refractivity contribution in [2.45, 2.75) is 0 Å². The van der Waals surface area contributed by atoms with Crippen LogP contribution in [0.3, 0.4) is 0 Å². The van der Waals surface area contributed by atoms with Crippen LogP contribution in [-0.2, 0) is 0 Å². The molecule has 1 aromatic carbocycles. The topological polar surface area (TPSA) is 95.2 Å². The van der Waals surface area contributed by atoms with Gasteiger partial charge in [0, 0.05) is 12.1 Å². The lowest BCUT2D eigenvalue weighted by Gasteiger charge is -2.11. The van der Waals surface area contributed by atoms with Crippen LogP contribution in [0.15, 0.2) is 17.2 Å². The van der Waals surface area contributed by atoms with Crippen LogP contribution < -0.4 is 25.4 Å². The van der Waals surface area contributed by atoms with E-state index in [-0.39, 0.29) is 0 Å². The number of rotatable bonds is 5. The van der Waals surface area contributed by atoms with E-state index in [1.165, 1.54) is 27.5 Å². The summed E-state index contributed by atoms with van der Waals surface area (Å²) in [4.78, 5) is 10.5. The zero-order valence-electron chi connectivity index (χ0n) is 10.4. The molecule has 1 aromatic rings. The monoisotopic (exact) mass is 253 g/mol. The fraction of sp³-hybridized carbons (Fsp3) is 0.273. The molecular formula is C11H15N3O4. The molecule has 0 heterocycles. The van der Waals surface area contributed by atoms with Crippen LogP contribution >= 0.6 is 0 Å². The number of methoxy groups -OCH3 is 3. The molecular weight excluding hydrogens is 238 g/mol. The molecule has 98 valence electrons. The molecule has 7 nitrogen and oxygen atoms in total. The molecule has 0 radical (unpaired) electrons. The van der Waals surface area contributed by atoms with Gasteiger partial charge < -0.3 is 19.9 Å². The van der Waals surface area contributed by atoms with Crippen molar-refractivity contribution in [3.63, 3.8) is 0 Å². The first-order chi connectivity index (χ1) is 8.62. The third-order valence-corrected chi connectivity index (χ3v) is 2.12. The maximum absolute atomic E-state index is 10.5. The van der Waals surface area contributed by atoms with Crippen molar-refractivity contribution < 1.29 is 19.0 Å². The molecule has 0 fully saturated rings. The Balaban J connectivity index is 3.14. The number of ether oxygens (including phenoxy) is 3. The molecule has 0 bridgehead atoms. The summed E-state index contributed by atoms with van der Waals surface area (Å²) in [7, 11) is 4.55. The second kappa shape index (κ2) is 6.33. The van der Waals surface area contributed by atoms with Gasteiger partial charge in [-0.25, -0.2) is 10.2 Å². The first-order valence-electron chi connectivity index (χ1n) is 5.01. The molecule has 0 aromatic heterocycles. The van der Waals surface area contributed by atoms with Gasteiger partial charge in [-0.05, 0) is 0 Å². The van der Waals surface area contributed by atoms with Crippen molar-refractivity contribution in [1.82, 2.24) is 5.43 Å². The normalized spacial score (nSPS) is 10.2. The highest BCUT2D eigenvalue weighted by Gasteiger charge is 2.11. The maximum atomic E-state index is 10.5. The number of benzene rings is 1. The lowest BCUT2D eigenvalue weighted by molar-refractivity contribution is 0.249. The molecule has 18 heavy (non-hydrogen) atoms. The van der Waals surface area contributed by atoms with E-state index in [1.54, 1.807) is 12.1 Å². The van der Waals surface area contributed by atoms with Crippen molar-refractivity contribution in [1.29, 1.82) is 0 Å². The van der Waals surface area contributed by atoms with Crippen LogP contribution in [0.5, 0.6) is 17.2 Å². The number of hydrogen-bond acceptors (Lipinski definition) is 5. The van der Waals surface area contributed by atoms with Gasteiger partial charge >= 0.3 is 6.03 Å². The van der Waals surface area contributed by atoms with Crippen molar-refractivity contribution in [3.05, 3.63) is 17.7 Å². The van der Waals surface area contributed by atoms with Crippen LogP contribution in [0.4, 0.5) is 4.79 Å². The zero-order valence-corrected chi connectivity index (χ0v) is 10.4. The smallest absolute Gasteiger partial charge is 0.332 e. The highest BCUT2D eigenvalue weighted by Crippen LogP contribution is 2.32. The summed E-state index contributed by atoms with van der Waals surface area (Å²) in [6.45, 7) is 0. The van der Waals surface area contributed by atoms with Gasteiger partial charge in [-0.2, -0.15) is 5.10 Å². The number of hydrogen-bond donors (Lipinski definition) is 2. The van der Waals surface area contributed by atoms with Gasteiger partial charge in [-0.1, -0.05) is 0 Å². The van der Waals surface area contributed by atoms with Gasteiger partial charge in [0.1, 0.15) is 17.2 Å². The second-order valence-corrected chi connectivity index (χ2v) is 3.18. The van der Waals surface area contributed by atoms with E-state index in [0.717, 1.165) is 0 Å². The second-order valence-electron chi connectivity index (χ2n) is 3.18. The summed E-state index contributed by atoms with van der Waals surface area (Å²) >= 11 is 0. The minimum absolute atomic E-state index is 0.501. The Morgan fingerprint density at radius 3 is 2.17 bits per heavy atom. The Morgan fingerprint density at radius 1 is 1.22 bits per heavy atom. The molecule has 0 spiro atoms. The van der Waals surface area contributed by atoms with Crippen molar-refractivity contribution in [2.24, 2.45) is 10.8 Å². The number of nitrogens with one attached hydrogen (secondary N) is 1. The zero-order chi connectivity index (χ0) is 13.5. The Morgan fingerprint density at radius 2 is 1.78 bits per heavy atom. The standard InChI is InChI=1S/C11H15N3O4/c1-16-7-4-9(17-2)8(10(5-7)18-3)6-13-14-11(12)15/h4-6H,1-3H3,(H3,12,14,15). The fourth-order valence-corrected chi connectivity index (χ4v) is 1.32. The van der Waals surface area contributed by atoms with Crippen molar-refractivity contribution in [3.8, 4) is 17.2 Å². The molecule has 0 saturated heterocycles. The predicted octanol–water partition coefficient (Wildman–Crippen LogP) is 0.715. The Hall–Kier alpha value is -2.44. The summed E-state index contributed by atoms with van der Waals surface area (Å²) < 4.78 is 15.5. The predicted molar refractivity (Wildman–Crippen MR) is 66.4 cm³/mol. The molecule has 0 aliphatic heterocycles. The number of hydrazone groups is 1. The van der Waals surface area contributed by atoms with Crippen LogP contribution in [0.1, 0.15) is 5.56 Å².